The highest BCUT2D eigenvalue weighted by Gasteiger charge is 2.33. The van der Waals surface area contributed by atoms with E-state index >= 15 is 0 Å². The number of nitrogens with zero attached hydrogens (tertiary/aromatic N) is 2. The molecule has 11 heavy (non-hydrogen) atoms. The molecule has 0 bridgehead atoms. The van der Waals surface area contributed by atoms with Crippen molar-refractivity contribution >= 4 is 5.91 Å². The molecule has 0 atom stereocenters. The van der Waals surface area contributed by atoms with Gasteiger partial charge in [-0.3, -0.25) is 19.8 Å². The van der Waals surface area contributed by atoms with E-state index in [0.717, 1.165) is 4.90 Å². The molecule has 1 rings (SSSR count). The number of carbonyl (C=O) groups excluding carboxylic acids is 1. The lowest BCUT2D eigenvalue weighted by atomic mass is 10.4. The SMILES string of the molecule is CN1C(=O)CC([N+](=O)[O-])=C1N. The number of hydrogen-bond acceptors (Lipinski definition) is 4. The lowest BCUT2D eigenvalue weighted by Crippen LogP contribution is -2.24. The normalized spacial score (nSPS) is 17.9. The molecule has 1 aliphatic heterocycles. The van der Waals surface area contributed by atoms with E-state index in [1.165, 1.54) is 7.05 Å². The van der Waals surface area contributed by atoms with E-state index in [1.807, 2.05) is 0 Å². The summed E-state index contributed by atoms with van der Waals surface area (Å²) in [6.07, 6.45) is -0.199. The van der Waals surface area contributed by atoms with Crippen molar-refractivity contribution in [3.8, 4) is 0 Å². The van der Waals surface area contributed by atoms with Crippen LogP contribution in [0.3, 0.4) is 0 Å². The van der Waals surface area contributed by atoms with Crippen LogP contribution >= 0.6 is 0 Å². The van der Waals surface area contributed by atoms with E-state index in [4.69, 9.17) is 5.73 Å². The molecular formula is C5H7N3O3. The molecule has 0 fully saturated rings. The molecule has 0 spiro atoms. The highest BCUT2D eigenvalue weighted by atomic mass is 16.6. The van der Waals surface area contributed by atoms with Gasteiger partial charge >= 0.3 is 0 Å². The summed E-state index contributed by atoms with van der Waals surface area (Å²) in [5.74, 6) is -0.394. The predicted molar refractivity (Wildman–Crippen MR) is 35.6 cm³/mol. The van der Waals surface area contributed by atoms with Crippen LogP contribution in [0.25, 0.3) is 0 Å². The molecule has 0 aliphatic carbocycles. The first-order valence-electron chi connectivity index (χ1n) is 2.93. The Labute approximate surface area is 62.4 Å². The van der Waals surface area contributed by atoms with E-state index in [1.54, 1.807) is 0 Å². The highest BCUT2D eigenvalue weighted by Crippen LogP contribution is 2.18. The third-order valence-electron chi connectivity index (χ3n) is 1.57. The minimum absolute atomic E-state index is 0.0556. The summed E-state index contributed by atoms with van der Waals surface area (Å²) in [7, 11) is 1.41. The minimum Gasteiger partial charge on any atom is -0.380 e. The summed E-state index contributed by atoms with van der Waals surface area (Å²) >= 11 is 0. The molecule has 0 saturated carbocycles. The van der Waals surface area contributed by atoms with Crippen LogP contribution in [0.15, 0.2) is 11.5 Å². The Kier molecular flexibility index (Phi) is 1.52. The Hall–Kier alpha value is -1.59. The van der Waals surface area contributed by atoms with Gasteiger partial charge < -0.3 is 5.73 Å². The molecule has 2 N–H and O–H groups in total. The van der Waals surface area contributed by atoms with Crippen LogP contribution in [0, 0.1) is 10.1 Å². The maximum atomic E-state index is 10.8. The summed E-state index contributed by atoms with van der Waals surface area (Å²) in [6.45, 7) is 0. The number of nitro groups is 1. The van der Waals surface area contributed by atoms with Gasteiger partial charge in [-0.05, 0) is 0 Å². The van der Waals surface area contributed by atoms with Crippen molar-refractivity contribution in [3.63, 3.8) is 0 Å². The summed E-state index contributed by atoms with van der Waals surface area (Å²) in [5.41, 5.74) is 5.05. The van der Waals surface area contributed by atoms with Crippen molar-refractivity contribution in [3.05, 3.63) is 21.6 Å². The Bertz CT molecular complexity index is 258. The van der Waals surface area contributed by atoms with Crippen molar-refractivity contribution < 1.29 is 9.72 Å². The van der Waals surface area contributed by atoms with E-state index < -0.39 is 4.92 Å². The molecule has 0 radical (unpaired) electrons. The fourth-order valence-corrected chi connectivity index (χ4v) is 0.838. The summed E-state index contributed by atoms with van der Waals surface area (Å²) < 4.78 is 0. The predicted octanol–water partition coefficient (Wildman–Crippen LogP) is -0.747. The molecule has 1 heterocycles. The molecule has 0 saturated heterocycles. The second-order valence-electron chi connectivity index (χ2n) is 2.22. The molecule has 0 aromatic rings. The zero-order valence-corrected chi connectivity index (χ0v) is 5.90. The average molecular weight is 157 g/mol. The van der Waals surface area contributed by atoms with Crippen molar-refractivity contribution in [2.24, 2.45) is 5.73 Å². The smallest absolute Gasteiger partial charge is 0.295 e. The fourth-order valence-electron chi connectivity index (χ4n) is 0.838. The molecule has 0 unspecified atom stereocenters. The van der Waals surface area contributed by atoms with Crippen molar-refractivity contribution in [2.75, 3.05) is 7.05 Å². The van der Waals surface area contributed by atoms with Crippen LogP contribution in [-0.4, -0.2) is 22.8 Å². The number of rotatable bonds is 1. The number of hydrogen-bond donors (Lipinski definition) is 1. The van der Waals surface area contributed by atoms with Gasteiger partial charge in [-0.15, -0.1) is 0 Å². The van der Waals surface area contributed by atoms with E-state index in [0.29, 0.717) is 0 Å². The number of carbonyl (C=O) groups is 1. The van der Waals surface area contributed by atoms with Gasteiger partial charge in [-0.1, -0.05) is 0 Å². The third-order valence-corrected chi connectivity index (χ3v) is 1.57. The number of nitrogens with two attached hydrogens (primary N) is 1. The third kappa shape index (κ3) is 1.02. The number of amides is 1. The highest BCUT2D eigenvalue weighted by molar-refractivity contribution is 5.82. The van der Waals surface area contributed by atoms with Crippen LogP contribution in [0.4, 0.5) is 0 Å². The van der Waals surface area contributed by atoms with Gasteiger partial charge in [0.25, 0.3) is 5.70 Å². The minimum atomic E-state index is -0.628. The Balaban J connectivity index is 2.98. The van der Waals surface area contributed by atoms with Crippen LogP contribution in [-0.2, 0) is 4.79 Å². The second-order valence-corrected chi connectivity index (χ2v) is 2.22. The van der Waals surface area contributed by atoms with E-state index in [9.17, 15) is 14.9 Å². The van der Waals surface area contributed by atoms with Crippen LogP contribution in [0.5, 0.6) is 0 Å². The lowest BCUT2D eigenvalue weighted by Gasteiger charge is -2.06. The van der Waals surface area contributed by atoms with Gasteiger partial charge in [0, 0.05) is 7.05 Å². The van der Waals surface area contributed by atoms with Crippen LogP contribution in [0.2, 0.25) is 0 Å². The molecular weight excluding hydrogens is 150 g/mol. The Morgan fingerprint density at radius 1 is 1.73 bits per heavy atom. The summed E-state index contributed by atoms with van der Waals surface area (Å²) in [4.78, 5) is 21.4. The van der Waals surface area contributed by atoms with Crippen molar-refractivity contribution in [1.29, 1.82) is 0 Å². The standard InChI is InChI=1S/C5H7N3O3/c1-7-4(9)2-3(5(7)6)8(10)11/h2,6H2,1H3. The molecule has 60 valence electrons. The maximum absolute atomic E-state index is 10.8. The first kappa shape index (κ1) is 7.52. The first-order valence-corrected chi connectivity index (χ1v) is 2.93. The van der Waals surface area contributed by atoms with Gasteiger partial charge in [0.2, 0.25) is 5.91 Å². The molecule has 0 aromatic heterocycles. The fraction of sp³-hybridized carbons (Fsp3) is 0.400. The van der Waals surface area contributed by atoms with Gasteiger partial charge in [-0.2, -0.15) is 0 Å². The van der Waals surface area contributed by atoms with Gasteiger partial charge in [0.1, 0.15) is 6.42 Å². The zero-order valence-electron chi connectivity index (χ0n) is 5.90. The second kappa shape index (κ2) is 2.22. The quantitative estimate of drug-likeness (QED) is 0.400. The van der Waals surface area contributed by atoms with Gasteiger partial charge in [0.15, 0.2) is 5.82 Å². The summed E-state index contributed by atoms with van der Waals surface area (Å²) in [5, 5.41) is 10.2. The average Bonchev–Trinajstić information content (AvgIpc) is 2.17. The molecule has 0 aromatic carbocycles. The van der Waals surface area contributed by atoms with E-state index in [-0.39, 0.29) is 23.8 Å². The summed E-state index contributed by atoms with van der Waals surface area (Å²) in [6, 6.07) is 0. The Morgan fingerprint density at radius 2 is 2.27 bits per heavy atom. The van der Waals surface area contributed by atoms with E-state index in [2.05, 4.69) is 0 Å². The molecule has 6 nitrogen and oxygen atoms in total. The largest absolute Gasteiger partial charge is 0.380 e. The molecule has 6 heteroatoms. The van der Waals surface area contributed by atoms with Gasteiger partial charge in [-0.25, -0.2) is 0 Å². The zero-order chi connectivity index (χ0) is 8.59. The van der Waals surface area contributed by atoms with Gasteiger partial charge in [0.05, 0.1) is 4.92 Å². The van der Waals surface area contributed by atoms with Crippen LogP contribution < -0.4 is 5.73 Å². The Morgan fingerprint density at radius 3 is 2.45 bits per heavy atom. The maximum Gasteiger partial charge on any atom is 0.295 e. The topological polar surface area (TPSA) is 89.5 Å². The van der Waals surface area contributed by atoms with Crippen molar-refractivity contribution in [2.45, 2.75) is 6.42 Å². The molecule has 1 aliphatic rings. The van der Waals surface area contributed by atoms with Crippen molar-refractivity contribution in [1.82, 2.24) is 4.90 Å². The molecule has 1 amide bonds. The monoisotopic (exact) mass is 157 g/mol. The first-order chi connectivity index (χ1) is 5.04. The van der Waals surface area contributed by atoms with Crippen LogP contribution in [0.1, 0.15) is 6.42 Å². The lowest BCUT2D eigenvalue weighted by molar-refractivity contribution is -0.427.